The molecule has 2 aromatic heterocycles. The third-order valence-corrected chi connectivity index (χ3v) is 3.51. The third kappa shape index (κ3) is 2.15. The van der Waals surface area contributed by atoms with Crippen molar-refractivity contribution in [3.05, 3.63) is 52.7 Å². The van der Waals surface area contributed by atoms with Gasteiger partial charge < -0.3 is 0 Å². The largest absolute Gasteiger partial charge is 0.280 e. The van der Waals surface area contributed by atoms with Gasteiger partial charge in [0.2, 0.25) is 0 Å². The van der Waals surface area contributed by atoms with Crippen LogP contribution in [0.2, 0.25) is 5.02 Å². The fraction of sp³-hybridized carbons (Fsp3) is 0.143. The van der Waals surface area contributed by atoms with Crippen molar-refractivity contribution >= 4 is 34.4 Å². The number of rotatable bonds is 2. The Hall–Kier alpha value is -1.65. The van der Waals surface area contributed by atoms with Crippen molar-refractivity contribution in [1.82, 2.24) is 14.5 Å². The Balaban J connectivity index is 2.30. The van der Waals surface area contributed by atoms with Crippen LogP contribution in [0.3, 0.4) is 0 Å². The molecule has 0 radical (unpaired) electrons. The lowest BCUT2D eigenvalue weighted by molar-refractivity contribution is 0.628. The van der Waals surface area contributed by atoms with Crippen LogP contribution in [0.5, 0.6) is 0 Å². The Morgan fingerprint density at radius 1 is 1.30 bits per heavy atom. The smallest absolute Gasteiger partial charge is 0.164 e. The molecule has 0 N–H and O–H groups in total. The molecule has 102 valence electrons. The van der Waals surface area contributed by atoms with Gasteiger partial charge in [-0.25, -0.2) is 14.4 Å². The second-order valence-corrected chi connectivity index (χ2v) is 5.13. The van der Waals surface area contributed by atoms with Crippen molar-refractivity contribution in [2.45, 2.75) is 12.8 Å². The monoisotopic (exact) mass is 309 g/mol. The van der Waals surface area contributed by atoms with E-state index in [0.29, 0.717) is 17.2 Å². The Kier molecular flexibility index (Phi) is 3.36. The average Bonchev–Trinajstić information content (AvgIpc) is 2.79. The number of benzene rings is 1. The summed E-state index contributed by atoms with van der Waals surface area (Å²) in [4.78, 5) is 8.83. The molecule has 3 nitrogen and oxygen atoms in total. The van der Waals surface area contributed by atoms with Crippen LogP contribution >= 0.6 is 23.2 Å². The van der Waals surface area contributed by atoms with Crippen LogP contribution in [0.15, 0.2) is 30.5 Å². The minimum Gasteiger partial charge on any atom is -0.280 e. The predicted octanol–water partition coefficient (Wildman–Crippen LogP) is 4.26. The Labute approximate surface area is 125 Å². The Morgan fingerprint density at radius 2 is 2.10 bits per heavy atom. The lowest BCUT2D eigenvalue weighted by atomic mass is 10.3. The first-order chi connectivity index (χ1) is 9.60. The van der Waals surface area contributed by atoms with Gasteiger partial charge in [-0.2, -0.15) is 0 Å². The molecule has 6 heteroatoms. The molecule has 20 heavy (non-hydrogen) atoms. The van der Waals surface area contributed by atoms with Gasteiger partial charge in [0.05, 0.1) is 16.6 Å². The van der Waals surface area contributed by atoms with Gasteiger partial charge in [-0.05, 0) is 36.8 Å². The number of hydrogen-bond acceptors (Lipinski definition) is 2. The Morgan fingerprint density at radius 3 is 2.80 bits per heavy atom. The van der Waals surface area contributed by atoms with E-state index < -0.39 is 5.82 Å². The zero-order chi connectivity index (χ0) is 14.3. The van der Waals surface area contributed by atoms with E-state index >= 15 is 0 Å². The average molecular weight is 310 g/mol. The number of aromatic nitrogens is 3. The van der Waals surface area contributed by atoms with Crippen LogP contribution < -0.4 is 0 Å². The Bertz CT molecular complexity index is 798. The maximum Gasteiger partial charge on any atom is 0.164 e. The summed E-state index contributed by atoms with van der Waals surface area (Å²) in [5.41, 5.74) is 3.13. The highest BCUT2D eigenvalue weighted by Crippen LogP contribution is 2.25. The SMILES string of the molecule is Cc1cnc2c(c1)nc(CCl)n2-c1ccc(F)c(Cl)c1. The summed E-state index contributed by atoms with van der Waals surface area (Å²) in [5.74, 6) is 0.406. The zero-order valence-electron chi connectivity index (χ0n) is 10.6. The number of fused-ring (bicyclic) bond motifs is 1. The number of pyridine rings is 1. The molecule has 0 bridgehead atoms. The van der Waals surface area contributed by atoms with E-state index in [1.807, 2.05) is 13.0 Å². The van der Waals surface area contributed by atoms with Gasteiger partial charge in [0.1, 0.15) is 17.2 Å². The van der Waals surface area contributed by atoms with E-state index in [2.05, 4.69) is 9.97 Å². The highest BCUT2D eigenvalue weighted by molar-refractivity contribution is 6.30. The van der Waals surface area contributed by atoms with E-state index in [1.165, 1.54) is 12.1 Å². The predicted molar refractivity (Wildman–Crippen MR) is 78.1 cm³/mol. The molecule has 0 fully saturated rings. The third-order valence-electron chi connectivity index (χ3n) is 2.98. The normalized spacial score (nSPS) is 11.2. The molecule has 0 aliphatic rings. The molecule has 3 rings (SSSR count). The molecule has 0 amide bonds. The van der Waals surface area contributed by atoms with Crippen LogP contribution in [0, 0.1) is 12.7 Å². The van der Waals surface area contributed by atoms with Crippen molar-refractivity contribution in [3.8, 4) is 5.69 Å². The number of hydrogen-bond donors (Lipinski definition) is 0. The van der Waals surface area contributed by atoms with Gasteiger partial charge in [0.25, 0.3) is 0 Å². The van der Waals surface area contributed by atoms with Crippen molar-refractivity contribution in [1.29, 1.82) is 0 Å². The van der Waals surface area contributed by atoms with E-state index in [9.17, 15) is 4.39 Å². The van der Waals surface area contributed by atoms with Crippen molar-refractivity contribution in [3.63, 3.8) is 0 Å². The quantitative estimate of drug-likeness (QED) is 0.662. The molecule has 0 saturated heterocycles. The first-order valence-corrected chi connectivity index (χ1v) is 6.87. The molecule has 0 aliphatic heterocycles. The summed E-state index contributed by atoms with van der Waals surface area (Å²) >= 11 is 11.8. The molecular weight excluding hydrogens is 300 g/mol. The minimum atomic E-state index is -0.462. The topological polar surface area (TPSA) is 30.7 Å². The second-order valence-electron chi connectivity index (χ2n) is 4.45. The van der Waals surface area contributed by atoms with Crippen LogP contribution in [-0.2, 0) is 5.88 Å². The van der Waals surface area contributed by atoms with Crippen LogP contribution in [0.25, 0.3) is 16.9 Å². The van der Waals surface area contributed by atoms with E-state index in [1.54, 1.807) is 16.8 Å². The molecule has 3 aromatic rings. The molecule has 0 unspecified atom stereocenters. The summed E-state index contributed by atoms with van der Waals surface area (Å²) < 4.78 is 15.1. The van der Waals surface area contributed by atoms with Crippen LogP contribution in [0.4, 0.5) is 4.39 Å². The first-order valence-electron chi connectivity index (χ1n) is 5.95. The highest BCUT2D eigenvalue weighted by atomic mass is 35.5. The van der Waals surface area contributed by atoms with Gasteiger partial charge in [0.15, 0.2) is 5.65 Å². The summed E-state index contributed by atoms with van der Waals surface area (Å²) in [5, 5.41) is 0.0528. The summed E-state index contributed by atoms with van der Waals surface area (Å²) in [6.45, 7) is 1.95. The molecule has 0 spiro atoms. The summed E-state index contributed by atoms with van der Waals surface area (Å²) in [6, 6.07) is 6.41. The maximum absolute atomic E-state index is 13.3. The number of imidazole rings is 1. The fourth-order valence-electron chi connectivity index (χ4n) is 2.10. The number of halogens is 3. The summed E-state index contributed by atoms with van der Waals surface area (Å²) in [7, 11) is 0. The molecule has 0 atom stereocenters. The van der Waals surface area contributed by atoms with Gasteiger partial charge in [0, 0.05) is 6.20 Å². The minimum absolute atomic E-state index is 0.0528. The molecule has 0 aliphatic carbocycles. The van der Waals surface area contributed by atoms with Gasteiger partial charge in [-0.15, -0.1) is 11.6 Å². The molecule has 1 aromatic carbocycles. The second kappa shape index (κ2) is 5.04. The first kappa shape index (κ1) is 13.3. The zero-order valence-corrected chi connectivity index (χ0v) is 12.1. The van der Waals surface area contributed by atoms with Gasteiger partial charge in [-0.3, -0.25) is 4.57 Å². The number of nitrogens with zero attached hydrogens (tertiary/aromatic N) is 3. The molecular formula is C14H10Cl2FN3. The van der Waals surface area contributed by atoms with Gasteiger partial charge >= 0.3 is 0 Å². The highest BCUT2D eigenvalue weighted by Gasteiger charge is 2.14. The van der Waals surface area contributed by atoms with E-state index in [-0.39, 0.29) is 10.9 Å². The molecule has 2 heterocycles. The van der Waals surface area contributed by atoms with Crippen LogP contribution in [-0.4, -0.2) is 14.5 Å². The lowest BCUT2D eigenvalue weighted by Crippen LogP contribution is -2.00. The van der Waals surface area contributed by atoms with Crippen molar-refractivity contribution in [2.75, 3.05) is 0 Å². The fourth-order valence-corrected chi connectivity index (χ4v) is 2.45. The van der Waals surface area contributed by atoms with Crippen LogP contribution in [0.1, 0.15) is 11.4 Å². The van der Waals surface area contributed by atoms with E-state index in [4.69, 9.17) is 23.2 Å². The van der Waals surface area contributed by atoms with Gasteiger partial charge in [-0.1, -0.05) is 11.6 Å². The number of alkyl halides is 1. The molecule has 0 saturated carbocycles. The lowest BCUT2D eigenvalue weighted by Gasteiger charge is -2.08. The van der Waals surface area contributed by atoms with Crippen molar-refractivity contribution < 1.29 is 4.39 Å². The van der Waals surface area contributed by atoms with Crippen molar-refractivity contribution in [2.24, 2.45) is 0 Å². The maximum atomic E-state index is 13.3. The number of aryl methyl sites for hydroxylation is 1. The summed E-state index contributed by atoms with van der Waals surface area (Å²) in [6.07, 6.45) is 1.75. The van der Waals surface area contributed by atoms with E-state index in [0.717, 1.165) is 11.1 Å². The standard InChI is InChI=1S/C14H10Cl2FN3/c1-8-4-12-14(18-7-8)20(13(6-15)19-12)9-2-3-11(17)10(16)5-9/h2-5,7H,6H2,1H3.